The van der Waals surface area contributed by atoms with E-state index in [9.17, 15) is 0 Å². The topological polar surface area (TPSA) is 42.8 Å². The molecule has 0 radical (unpaired) electrons. The number of hydrogen-bond acceptors (Lipinski definition) is 3. The quantitative estimate of drug-likeness (QED) is 0.600. The van der Waals surface area contributed by atoms with Gasteiger partial charge in [-0.3, -0.25) is 4.99 Å². The Balaban J connectivity index is 1.44. The van der Waals surface area contributed by atoms with Crippen LogP contribution >= 0.6 is 0 Å². The number of rotatable bonds is 4. The van der Waals surface area contributed by atoms with Crippen LogP contribution in [0.4, 0.5) is 5.69 Å². The lowest BCUT2D eigenvalue weighted by atomic mass is 9.71. The largest absolute Gasteiger partial charge is 0.457 e. The number of anilines is 1. The van der Waals surface area contributed by atoms with Crippen molar-refractivity contribution in [2.45, 2.75) is 25.8 Å². The molecule has 2 aliphatic rings. The first kappa shape index (κ1) is 18.9. The highest BCUT2D eigenvalue weighted by molar-refractivity contribution is 6.02. The Bertz CT molecular complexity index is 1040. The minimum Gasteiger partial charge on any atom is -0.457 e. The maximum absolute atomic E-state index is 6.13. The summed E-state index contributed by atoms with van der Waals surface area (Å²) < 4.78 is 11.8. The SMILES string of the molecule is c1ccc(Oc2ccccc2CN=C2Nc3ccccc3CC23CCOCC3)cc1. The highest BCUT2D eigenvalue weighted by Crippen LogP contribution is 2.42. The third-order valence-corrected chi connectivity index (χ3v) is 6.10. The highest BCUT2D eigenvalue weighted by atomic mass is 16.5. The number of nitrogens with one attached hydrogen (secondary N) is 1. The van der Waals surface area contributed by atoms with Gasteiger partial charge >= 0.3 is 0 Å². The Morgan fingerprint density at radius 1 is 0.867 bits per heavy atom. The number of benzene rings is 3. The van der Waals surface area contributed by atoms with Gasteiger partial charge in [0, 0.05) is 29.9 Å². The van der Waals surface area contributed by atoms with Crippen LogP contribution in [0.3, 0.4) is 0 Å². The Morgan fingerprint density at radius 3 is 2.47 bits per heavy atom. The molecule has 0 saturated carbocycles. The van der Waals surface area contributed by atoms with Gasteiger partial charge in [-0.2, -0.15) is 0 Å². The third-order valence-electron chi connectivity index (χ3n) is 6.10. The maximum atomic E-state index is 6.13. The first-order valence-electron chi connectivity index (χ1n) is 10.6. The number of fused-ring (bicyclic) bond motifs is 1. The molecular weight excluding hydrogens is 372 g/mol. The third kappa shape index (κ3) is 3.83. The molecule has 0 unspecified atom stereocenters. The van der Waals surface area contributed by atoms with Crippen molar-refractivity contribution in [2.75, 3.05) is 18.5 Å². The summed E-state index contributed by atoms with van der Waals surface area (Å²) >= 11 is 0. The first-order valence-corrected chi connectivity index (χ1v) is 10.6. The monoisotopic (exact) mass is 398 g/mol. The molecule has 2 heterocycles. The lowest BCUT2D eigenvalue weighted by Gasteiger charge is -2.42. The molecule has 0 bridgehead atoms. The van der Waals surface area contributed by atoms with Gasteiger partial charge in [0.2, 0.25) is 0 Å². The van der Waals surface area contributed by atoms with Crippen LogP contribution in [0, 0.1) is 5.41 Å². The van der Waals surface area contributed by atoms with E-state index in [1.54, 1.807) is 0 Å². The molecule has 152 valence electrons. The molecule has 0 amide bonds. The van der Waals surface area contributed by atoms with E-state index >= 15 is 0 Å². The molecule has 1 N–H and O–H groups in total. The van der Waals surface area contributed by atoms with Crippen LogP contribution in [0.2, 0.25) is 0 Å². The summed E-state index contributed by atoms with van der Waals surface area (Å²) in [5, 5.41) is 3.65. The summed E-state index contributed by atoms with van der Waals surface area (Å²) in [6.07, 6.45) is 3.01. The van der Waals surface area contributed by atoms with E-state index in [4.69, 9.17) is 14.5 Å². The Labute approximate surface area is 177 Å². The summed E-state index contributed by atoms with van der Waals surface area (Å²) in [5.41, 5.74) is 3.65. The highest BCUT2D eigenvalue weighted by Gasteiger charge is 2.41. The molecule has 30 heavy (non-hydrogen) atoms. The summed E-state index contributed by atoms with van der Waals surface area (Å²) in [4.78, 5) is 5.10. The number of aliphatic imine (C=N–C) groups is 1. The molecule has 3 aromatic carbocycles. The Hall–Kier alpha value is -3.11. The van der Waals surface area contributed by atoms with Gasteiger partial charge in [0.25, 0.3) is 0 Å². The molecule has 4 heteroatoms. The molecular formula is C26H26N2O2. The Kier molecular flexibility index (Phi) is 5.24. The number of ether oxygens (including phenoxy) is 2. The van der Waals surface area contributed by atoms with Gasteiger partial charge in [-0.25, -0.2) is 0 Å². The Morgan fingerprint density at radius 2 is 1.60 bits per heavy atom. The zero-order chi connectivity index (χ0) is 20.2. The number of nitrogens with zero attached hydrogens (tertiary/aromatic N) is 1. The minimum absolute atomic E-state index is 0.0296. The lowest BCUT2D eigenvalue weighted by Crippen LogP contribution is -2.45. The van der Waals surface area contributed by atoms with Gasteiger partial charge < -0.3 is 14.8 Å². The van der Waals surface area contributed by atoms with Crippen molar-refractivity contribution >= 4 is 11.5 Å². The maximum Gasteiger partial charge on any atom is 0.132 e. The van der Waals surface area contributed by atoms with Crippen LogP contribution < -0.4 is 10.1 Å². The second-order valence-electron chi connectivity index (χ2n) is 8.04. The van der Waals surface area contributed by atoms with Crippen LogP contribution in [0.5, 0.6) is 11.5 Å². The zero-order valence-electron chi connectivity index (χ0n) is 17.0. The smallest absolute Gasteiger partial charge is 0.132 e. The second kappa shape index (κ2) is 8.33. The van der Waals surface area contributed by atoms with E-state index in [2.05, 4.69) is 35.6 Å². The summed E-state index contributed by atoms with van der Waals surface area (Å²) in [7, 11) is 0. The summed E-state index contributed by atoms with van der Waals surface area (Å²) in [6, 6.07) is 26.6. The normalized spacial score (nSPS) is 18.6. The van der Waals surface area contributed by atoms with Crippen LogP contribution in [-0.2, 0) is 17.7 Å². The molecule has 0 aromatic heterocycles. The average Bonchev–Trinajstić information content (AvgIpc) is 2.80. The number of para-hydroxylation sites is 3. The van der Waals surface area contributed by atoms with E-state index in [0.717, 1.165) is 55.4 Å². The van der Waals surface area contributed by atoms with Crippen molar-refractivity contribution in [3.63, 3.8) is 0 Å². The van der Waals surface area contributed by atoms with E-state index in [0.29, 0.717) is 6.54 Å². The predicted octanol–water partition coefficient (Wildman–Crippen LogP) is 5.84. The molecule has 1 spiro atoms. The fourth-order valence-corrected chi connectivity index (χ4v) is 4.40. The number of amidine groups is 1. The van der Waals surface area contributed by atoms with Gasteiger partial charge in [0.15, 0.2) is 0 Å². The minimum atomic E-state index is 0.0296. The van der Waals surface area contributed by atoms with Crippen molar-refractivity contribution in [3.8, 4) is 11.5 Å². The fraction of sp³-hybridized carbons (Fsp3) is 0.269. The summed E-state index contributed by atoms with van der Waals surface area (Å²) in [6.45, 7) is 2.16. The van der Waals surface area contributed by atoms with Crippen molar-refractivity contribution in [1.29, 1.82) is 0 Å². The van der Waals surface area contributed by atoms with E-state index in [1.807, 2.05) is 48.5 Å². The van der Waals surface area contributed by atoms with Gasteiger partial charge in [-0.1, -0.05) is 54.6 Å². The molecule has 3 aromatic rings. The van der Waals surface area contributed by atoms with Crippen LogP contribution in [0.25, 0.3) is 0 Å². The van der Waals surface area contributed by atoms with Crippen molar-refractivity contribution < 1.29 is 9.47 Å². The van der Waals surface area contributed by atoms with Gasteiger partial charge in [-0.05, 0) is 49.1 Å². The molecule has 2 aliphatic heterocycles. The molecule has 5 rings (SSSR count). The predicted molar refractivity (Wildman–Crippen MR) is 120 cm³/mol. The summed E-state index contributed by atoms with van der Waals surface area (Å²) in [5.74, 6) is 2.77. The number of hydrogen-bond donors (Lipinski definition) is 1. The lowest BCUT2D eigenvalue weighted by molar-refractivity contribution is 0.0448. The van der Waals surface area contributed by atoms with Crippen molar-refractivity contribution in [3.05, 3.63) is 90.0 Å². The van der Waals surface area contributed by atoms with E-state index < -0.39 is 0 Å². The fourth-order valence-electron chi connectivity index (χ4n) is 4.40. The molecule has 1 saturated heterocycles. The first-order chi connectivity index (χ1) is 14.8. The van der Waals surface area contributed by atoms with E-state index in [-0.39, 0.29) is 5.41 Å². The second-order valence-corrected chi connectivity index (χ2v) is 8.04. The van der Waals surface area contributed by atoms with Crippen LogP contribution in [-0.4, -0.2) is 19.0 Å². The zero-order valence-corrected chi connectivity index (χ0v) is 17.0. The molecule has 0 aliphatic carbocycles. The van der Waals surface area contributed by atoms with Gasteiger partial charge in [0.05, 0.1) is 6.54 Å². The van der Waals surface area contributed by atoms with Crippen LogP contribution in [0.15, 0.2) is 83.9 Å². The van der Waals surface area contributed by atoms with Crippen LogP contribution in [0.1, 0.15) is 24.0 Å². The van der Waals surface area contributed by atoms with Crippen molar-refractivity contribution in [1.82, 2.24) is 0 Å². The van der Waals surface area contributed by atoms with Crippen molar-refractivity contribution in [2.24, 2.45) is 10.4 Å². The van der Waals surface area contributed by atoms with E-state index in [1.165, 1.54) is 11.3 Å². The van der Waals surface area contributed by atoms with Gasteiger partial charge in [-0.15, -0.1) is 0 Å². The average molecular weight is 399 g/mol. The van der Waals surface area contributed by atoms with Gasteiger partial charge in [0.1, 0.15) is 17.3 Å². The standard InChI is InChI=1S/C26H26N2O2/c1-2-10-22(11-3-1)30-24-13-7-5-9-21(24)19-27-25-26(14-16-29-17-15-26)18-20-8-4-6-12-23(20)28-25/h1-13H,14-19H2,(H,27,28). The molecule has 0 atom stereocenters. The molecule has 4 nitrogen and oxygen atoms in total. The molecule has 1 fully saturated rings.